The summed E-state index contributed by atoms with van der Waals surface area (Å²) < 4.78 is 33.8. The van der Waals surface area contributed by atoms with Crippen LogP contribution < -0.4 is 21.7 Å². The van der Waals surface area contributed by atoms with Gasteiger partial charge >= 0.3 is 16.3 Å². The van der Waals surface area contributed by atoms with Crippen LogP contribution in [0.4, 0.5) is 5.13 Å². The molecule has 42 heavy (non-hydrogen) atoms. The Morgan fingerprint density at radius 2 is 2.05 bits per heavy atom. The fourth-order valence-corrected chi connectivity index (χ4v) is 6.07. The average Bonchev–Trinajstić information content (AvgIpc) is 3.68. The van der Waals surface area contributed by atoms with Gasteiger partial charge in [0.2, 0.25) is 5.60 Å². The van der Waals surface area contributed by atoms with Crippen LogP contribution in [0.2, 0.25) is 0 Å². The van der Waals surface area contributed by atoms with E-state index >= 15 is 0 Å². The summed E-state index contributed by atoms with van der Waals surface area (Å²) in [5.74, 6) is -3.35. The van der Waals surface area contributed by atoms with E-state index in [1.807, 2.05) is 7.05 Å². The van der Waals surface area contributed by atoms with Crippen molar-refractivity contribution in [2.45, 2.75) is 62.9 Å². The van der Waals surface area contributed by atoms with E-state index < -0.39 is 51.5 Å². The highest BCUT2D eigenvalue weighted by Crippen LogP contribution is 2.34. The Labute approximate surface area is 244 Å². The molecule has 0 unspecified atom stereocenters. The third kappa shape index (κ3) is 7.01. The zero-order chi connectivity index (χ0) is 30.5. The molecule has 2 atom stereocenters. The second kappa shape index (κ2) is 13.1. The van der Waals surface area contributed by atoms with Gasteiger partial charge < -0.3 is 31.6 Å². The molecule has 7 N–H and O–H groups in total. The van der Waals surface area contributed by atoms with E-state index in [9.17, 15) is 32.5 Å². The maximum Gasteiger partial charge on any atom is 0.362 e. The Balaban J connectivity index is 1.51. The second-order valence-corrected chi connectivity index (χ2v) is 11.9. The SMILES string of the molecule is CNCCCNCc1cnn(C[C@@H]2[C@H](NC(=O)/C(=N\OC3(C(=O)O)CCCC3)c3csc(N)n3)C(=O)N2S(=O)(=O)O)n1. The van der Waals surface area contributed by atoms with Crippen molar-refractivity contribution in [3.8, 4) is 0 Å². The molecule has 230 valence electrons. The minimum atomic E-state index is -4.98. The summed E-state index contributed by atoms with van der Waals surface area (Å²) in [5, 5.41) is 32.0. The summed E-state index contributed by atoms with van der Waals surface area (Å²) in [7, 11) is -3.13. The van der Waals surface area contributed by atoms with Gasteiger partial charge in [-0.15, -0.1) is 11.3 Å². The number of carboxylic acids is 1. The summed E-state index contributed by atoms with van der Waals surface area (Å²) in [4.78, 5) is 48.6. The number of nitrogen functional groups attached to an aromatic ring is 1. The number of hydrogen-bond acceptors (Lipinski definition) is 14. The van der Waals surface area contributed by atoms with Crippen molar-refractivity contribution in [3.63, 3.8) is 0 Å². The highest BCUT2D eigenvalue weighted by atomic mass is 32.2. The number of amides is 2. The maximum atomic E-state index is 13.4. The van der Waals surface area contributed by atoms with Gasteiger partial charge in [0.05, 0.1) is 18.4 Å². The number of nitrogens with two attached hydrogens (primary N) is 1. The van der Waals surface area contributed by atoms with E-state index in [4.69, 9.17) is 10.6 Å². The highest BCUT2D eigenvalue weighted by molar-refractivity contribution is 7.84. The van der Waals surface area contributed by atoms with E-state index in [0.29, 0.717) is 25.1 Å². The number of hydrogen-bond donors (Lipinski definition) is 6. The Bertz CT molecular complexity index is 1440. The van der Waals surface area contributed by atoms with Gasteiger partial charge in [-0.3, -0.25) is 14.1 Å². The van der Waals surface area contributed by atoms with E-state index in [2.05, 4.69) is 36.3 Å². The first-order chi connectivity index (χ1) is 19.9. The fourth-order valence-electron chi connectivity index (χ4n) is 4.65. The van der Waals surface area contributed by atoms with E-state index in [-0.39, 0.29) is 34.5 Å². The van der Waals surface area contributed by atoms with Crippen molar-refractivity contribution in [1.82, 2.24) is 40.2 Å². The van der Waals surface area contributed by atoms with Gasteiger partial charge in [0.25, 0.3) is 11.8 Å². The normalized spacial score (nSPS) is 20.4. The summed E-state index contributed by atoms with van der Waals surface area (Å²) in [6.45, 7) is 1.67. The van der Waals surface area contributed by atoms with Gasteiger partial charge in [-0.05, 0) is 39.4 Å². The number of carboxylic acid groups (broad SMARTS) is 1. The molecule has 20 heteroatoms. The van der Waals surface area contributed by atoms with E-state index in [0.717, 1.165) is 35.6 Å². The number of thiazole rings is 1. The summed E-state index contributed by atoms with van der Waals surface area (Å²) in [6.07, 6.45) is 3.89. The molecule has 2 aliphatic rings. The monoisotopic (exact) mass is 628 g/mol. The van der Waals surface area contributed by atoms with Crippen LogP contribution in [0.1, 0.15) is 43.5 Å². The lowest BCUT2D eigenvalue weighted by molar-refractivity contribution is -0.165. The zero-order valence-electron chi connectivity index (χ0n) is 22.6. The topological polar surface area (TPSA) is 256 Å². The zero-order valence-corrected chi connectivity index (χ0v) is 24.2. The number of anilines is 1. The number of oxime groups is 1. The summed E-state index contributed by atoms with van der Waals surface area (Å²) >= 11 is 0.989. The van der Waals surface area contributed by atoms with Gasteiger partial charge in [-0.1, -0.05) is 5.16 Å². The molecule has 1 aliphatic carbocycles. The first-order valence-electron chi connectivity index (χ1n) is 13.0. The van der Waals surface area contributed by atoms with Crippen LogP contribution in [0.15, 0.2) is 16.7 Å². The minimum Gasteiger partial charge on any atom is -0.478 e. The lowest BCUT2D eigenvalue weighted by atomic mass is 9.98. The average molecular weight is 629 g/mol. The number of nitrogens with one attached hydrogen (secondary N) is 3. The predicted octanol–water partition coefficient (Wildman–Crippen LogP) is -1.67. The molecule has 2 fully saturated rings. The van der Waals surface area contributed by atoms with Gasteiger partial charge in [0.15, 0.2) is 10.8 Å². The summed E-state index contributed by atoms with van der Waals surface area (Å²) in [6, 6.07) is -2.72. The molecule has 1 aliphatic heterocycles. The molecule has 4 rings (SSSR count). The van der Waals surface area contributed by atoms with Crippen LogP contribution in [0.3, 0.4) is 0 Å². The van der Waals surface area contributed by atoms with E-state index in [1.165, 1.54) is 11.6 Å². The Morgan fingerprint density at radius 1 is 1.31 bits per heavy atom. The van der Waals surface area contributed by atoms with Crippen molar-refractivity contribution in [1.29, 1.82) is 0 Å². The quantitative estimate of drug-likeness (QED) is 0.0424. The van der Waals surface area contributed by atoms with Gasteiger partial charge in [0, 0.05) is 24.8 Å². The molecule has 1 saturated heterocycles. The third-order valence-electron chi connectivity index (χ3n) is 6.82. The number of carbonyl (C=O) groups excluding carboxylic acids is 2. The molecule has 2 amide bonds. The molecule has 3 heterocycles. The van der Waals surface area contributed by atoms with Gasteiger partial charge in [0.1, 0.15) is 17.8 Å². The van der Waals surface area contributed by atoms with Crippen molar-refractivity contribution in [2.75, 3.05) is 25.9 Å². The number of nitrogens with zero attached hydrogens (tertiary/aromatic N) is 6. The van der Waals surface area contributed by atoms with Crippen molar-refractivity contribution in [3.05, 3.63) is 23.0 Å². The van der Waals surface area contributed by atoms with Crippen LogP contribution in [-0.2, 0) is 42.6 Å². The molecule has 2 aromatic rings. The van der Waals surface area contributed by atoms with Crippen LogP contribution in [-0.4, -0.2) is 104 Å². The lowest BCUT2D eigenvalue weighted by Gasteiger charge is -2.43. The van der Waals surface area contributed by atoms with Crippen molar-refractivity contribution < 1.29 is 37.3 Å². The predicted molar refractivity (Wildman–Crippen MR) is 147 cm³/mol. The Kier molecular flexibility index (Phi) is 9.71. The first kappa shape index (κ1) is 31.2. The molecular weight excluding hydrogens is 596 g/mol. The minimum absolute atomic E-state index is 0.0379. The molecule has 0 spiro atoms. The standard InChI is InChI=1S/C22H32N10O8S2/c1-24-7-4-8-25-9-13-10-26-31(29-13)11-15-17(19(34)32(15)42(37,38)39)28-18(33)16(14-12-41-21(23)27-14)30-40-22(20(35)36)5-2-3-6-22/h10,12,15,17,24-25H,2-9,11H2,1H3,(H2,23,27)(H,28,33)(H,35,36)(H,37,38,39)/b30-16-/t15-,17+/m1/s1. The fraction of sp³-hybridized carbons (Fsp3) is 0.591. The smallest absolute Gasteiger partial charge is 0.362 e. The number of carbonyl (C=O) groups is 3. The molecular formula is C22H32N10O8S2. The van der Waals surface area contributed by atoms with Crippen molar-refractivity contribution >= 4 is 50.3 Å². The second-order valence-electron chi connectivity index (χ2n) is 9.76. The van der Waals surface area contributed by atoms with Gasteiger partial charge in [-0.2, -0.15) is 23.4 Å². The Hall–Kier alpha value is -3.72. The van der Waals surface area contributed by atoms with Crippen molar-refractivity contribution in [2.24, 2.45) is 5.16 Å². The lowest BCUT2D eigenvalue weighted by Crippen LogP contribution is -2.73. The third-order valence-corrected chi connectivity index (χ3v) is 8.44. The Morgan fingerprint density at radius 3 is 2.67 bits per heavy atom. The number of rotatable bonds is 15. The summed E-state index contributed by atoms with van der Waals surface area (Å²) in [5.41, 5.74) is 4.13. The number of β-lactam (4-membered cyclic amide) rings is 1. The molecule has 0 bridgehead atoms. The van der Waals surface area contributed by atoms with Crippen LogP contribution in [0, 0.1) is 0 Å². The highest BCUT2D eigenvalue weighted by Gasteiger charge is 2.55. The van der Waals surface area contributed by atoms with Gasteiger partial charge in [-0.25, -0.2) is 14.1 Å². The molecule has 0 aromatic carbocycles. The number of aliphatic carboxylic acids is 1. The van der Waals surface area contributed by atoms with Crippen LogP contribution in [0.5, 0.6) is 0 Å². The molecule has 0 radical (unpaired) electrons. The van der Waals surface area contributed by atoms with E-state index in [1.54, 1.807) is 0 Å². The molecule has 18 nitrogen and oxygen atoms in total. The maximum absolute atomic E-state index is 13.4. The molecule has 1 saturated carbocycles. The first-order valence-corrected chi connectivity index (χ1v) is 15.3. The van der Waals surface area contributed by atoms with Crippen LogP contribution in [0.25, 0.3) is 0 Å². The largest absolute Gasteiger partial charge is 0.478 e. The van der Waals surface area contributed by atoms with Crippen LogP contribution >= 0.6 is 11.3 Å². The number of aromatic nitrogens is 4. The molecule has 2 aromatic heterocycles.